The molecule has 1 saturated heterocycles. The topological polar surface area (TPSA) is 181 Å². The minimum atomic E-state index is -1.75. The Hall–Kier alpha value is -1.87. The molecule has 3 unspecified atom stereocenters. The summed E-state index contributed by atoms with van der Waals surface area (Å²) in [5, 5.41) is 65.9. The van der Waals surface area contributed by atoms with E-state index in [0.29, 0.717) is 57.7 Å². The van der Waals surface area contributed by atoms with Gasteiger partial charge in [-0.15, -0.1) is 0 Å². The van der Waals surface area contributed by atoms with Gasteiger partial charge in [-0.05, 0) is 70.8 Å². The summed E-state index contributed by atoms with van der Waals surface area (Å²) in [6.45, 7) is 3.91. The van der Waals surface area contributed by atoms with Crippen molar-refractivity contribution in [3.63, 3.8) is 0 Å². The Bertz CT molecular complexity index is 1020. The van der Waals surface area contributed by atoms with Crippen molar-refractivity contribution in [2.75, 3.05) is 19.8 Å². The molecule has 0 aromatic heterocycles. The molecule has 1 amide bonds. The zero-order valence-corrected chi connectivity index (χ0v) is 26.6. The third kappa shape index (κ3) is 9.59. The number of amides is 1. The van der Waals surface area contributed by atoms with Gasteiger partial charge in [0.05, 0.1) is 31.5 Å². The first kappa shape index (κ1) is 36.0. The van der Waals surface area contributed by atoms with E-state index in [2.05, 4.69) is 16.4 Å². The van der Waals surface area contributed by atoms with Crippen molar-refractivity contribution in [2.45, 2.75) is 132 Å². The minimum Gasteiger partial charge on any atom is -0.394 e. The number of aliphatic hydroxyl groups excluding tert-OH is 6. The van der Waals surface area contributed by atoms with Crippen LogP contribution < -0.4 is 5.32 Å². The number of carbonyl (C=O) groups is 1. The Morgan fingerprint density at radius 1 is 1.20 bits per heavy atom. The van der Waals surface area contributed by atoms with Crippen LogP contribution >= 0.6 is 0 Å². The lowest BCUT2D eigenvalue weighted by molar-refractivity contribution is -0.369. The van der Waals surface area contributed by atoms with Crippen LogP contribution in [0.4, 0.5) is 0 Å². The van der Waals surface area contributed by atoms with Crippen LogP contribution in [0.2, 0.25) is 0 Å². The van der Waals surface area contributed by atoms with Crippen LogP contribution in [0, 0.1) is 11.8 Å². The van der Waals surface area contributed by atoms with E-state index < -0.39 is 55.1 Å². The molecule has 7 N–H and O–H groups in total. The average Bonchev–Trinajstić information content (AvgIpc) is 3.83. The van der Waals surface area contributed by atoms with Gasteiger partial charge in [0.2, 0.25) is 5.91 Å². The van der Waals surface area contributed by atoms with Crippen molar-refractivity contribution in [1.82, 2.24) is 10.2 Å². The maximum atomic E-state index is 11.8. The summed E-state index contributed by atoms with van der Waals surface area (Å²) in [4.78, 5) is 14.0. The highest BCUT2D eigenvalue weighted by Gasteiger charge is 2.54. The molecule has 0 bridgehead atoms. The van der Waals surface area contributed by atoms with E-state index >= 15 is 0 Å². The van der Waals surface area contributed by atoms with Gasteiger partial charge in [-0.3, -0.25) is 4.79 Å². The standard InChI is InChI=1S/C33H54N2O10/c1-3-34-28(39)10-7-5-4-6-9-24-23(15-13-22(37)14-16-29-35(21-11-12-21)17-8-18-43-29)25(38)19-26(24)44-33(2)32(42)31(41)30(40)27(20-36)45-33/h4,6,8,13,15,17,21-27,29-32,36-38,40-42H,3,5,7,9-12,14,16,18-20H2,1-2H3,(H,34,39)/t22-,23-,24-,25-,26+,27?,29?,30-,31-,32?,33+/m1/s1. The maximum Gasteiger partial charge on any atom is 0.219 e. The molecule has 45 heavy (non-hydrogen) atoms. The predicted octanol–water partition coefficient (Wildman–Crippen LogP) is 0.843. The van der Waals surface area contributed by atoms with Gasteiger partial charge < -0.3 is 55.1 Å². The second-order valence-corrected chi connectivity index (χ2v) is 12.9. The third-order valence-electron chi connectivity index (χ3n) is 9.38. The molecule has 12 nitrogen and oxygen atoms in total. The molecule has 0 radical (unpaired) electrons. The van der Waals surface area contributed by atoms with Gasteiger partial charge in [0.25, 0.3) is 0 Å². The number of nitrogens with zero attached hydrogens (tertiary/aromatic N) is 1. The van der Waals surface area contributed by atoms with Gasteiger partial charge in [0.15, 0.2) is 5.79 Å². The largest absolute Gasteiger partial charge is 0.394 e. The Labute approximate surface area is 266 Å². The molecule has 0 spiro atoms. The number of carbonyl (C=O) groups excluding carboxylic acids is 1. The summed E-state index contributed by atoms with van der Waals surface area (Å²) in [5.74, 6) is -2.38. The van der Waals surface area contributed by atoms with Crippen molar-refractivity contribution in [3.05, 3.63) is 36.6 Å². The second kappa shape index (κ2) is 16.8. The van der Waals surface area contributed by atoms with Gasteiger partial charge in [0.1, 0.15) is 30.6 Å². The lowest BCUT2D eigenvalue weighted by Gasteiger charge is -2.47. The van der Waals surface area contributed by atoms with E-state index in [1.807, 2.05) is 31.2 Å². The Morgan fingerprint density at radius 3 is 2.69 bits per heavy atom. The van der Waals surface area contributed by atoms with Crippen molar-refractivity contribution in [2.24, 2.45) is 11.8 Å². The molecule has 2 saturated carbocycles. The average molecular weight is 639 g/mol. The molecule has 4 aliphatic rings. The molecular weight excluding hydrogens is 584 g/mol. The smallest absolute Gasteiger partial charge is 0.219 e. The number of nitrogens with one attached hydrogen (secondary N) is 1. The number of rotatable bonds is 16. The highest BCUT2D eigenvalue weighted by atomic mass is 16.7. The zero-order valence-electron chi connectivity index (χ0n) is 26.6. The molecule has 0 aromatic rings. The summed E-state index contributed by atoms with van der Waals surface area (Å²) in [6.07, 6.45) is 9.62. The Morgan fingerprint density at radius 2 is 1.98 bits per heavy atom. The van der Waals surface area contributed by atoms with Crippen LogP contribution in [0.3, 0.4) is 0 Å². The molecule has 2 aliphatic carbocycles. The van der Waals surface area contributed by atoms with E-state index in [1.165, 1.54) is 6.92 Å². The van der Waals surface area contributed by atoms with Crippen LogP contribution in [-0.2, 0) is 19.0 Å². The Kier molecular flexibility index (Phi) is 13.4. The quantitative estimate of drug-likeness (QED) is 0.0940. The monoisotopic (exact) mass is 638 g/mol. The van der Waals surface area contributed by atoms with Crippen LogP contribution in [0.15, 0.2) is 36.6 Å². The Balaban J connectivity index is 1.41. The lowest BCUT2D eigenvalue weighted by atomic mass is 9.88. The molecule has 256 valence electrons. The first-order valence-electron chi connectivity index (χ1n) is 16.6. The number of aliphatic hydroxyl groups is 6. The zero-order chi connectivity index (χ0) is 32.6. The van der Waals surface area contributed by atoms with E-state index in [1.54, 1.807) is 6.08 Å². The highest BCUT2D eigenvalue weighted by molar-refractivity contribution is 5.75. The molecule has 3 fully saturated rings. The van der Waals surface area contributed by atoms with Crippen LogP contribution in [0.1, 0.15) is 71.6 Å². The first-order chi connectivity index (χ1) is 21.6. The van der Waals surface area contributed by atoms with Crippen molar-refractivity contribution < 1.29 is 49.6 Å². The number of ether oxygens (including phenoxy) is 3. The minimum absolute atomic E-state index is 0.0153. The molecule has 12 heteroatoms. The predicted molar refractivity (Wildman–Crippen MR) is 165 cm³/mol. The lowest BCUT2D eigenvalue weighted by Crippen LogP contribution is -2.65. The fourth-order valence-corrected chi connectivity index (χ4v) is 6.70. The molecule has 4 rings (SSSR count). The molecule has 2 aliphatic heterocycles. The molecule has 2 heterocycles. The van der Waals surface area contributed by atoms with Gasteiger partial charge in [-0.2, -0.15) is 0 Å². The molecule has 0 aromatic carbocycles. The summed E-state index contributed by atoms with van der Waals surface area (Å²) in [5.41, 5.74) is 0. The van der Waals surface area contributed by atoms with Crippen LogP contribution in [0.25, 0.3) is 0 Å². The summed E-state index contributed by atoms with van der Waals surface area (Å²) >= 11 is 0. The van der Waals surface area contributed by atoms with Gasteiger partial charge >= 0.3 is 0 Å². The SMILES string of the molecule is CCNC(=O)CCCC=CC[C@@H]1[C@@H](C=C[C@@H](O)CCC2OCC=CN2C2CC2)[C@H](O)C[C@@H]1O[C@@]1(C)OC(CO)[C@@H](O)[C@@H](O)C1O. The summed E-state index contributed by atoms with van der Waals surface area (Å²) in [6, 6.07) is 0.512. The highest BCUT2D eigenvalue weighted by Crippen LogP contribution is 2.42. The number of hydrogen-bond donors (Lipinski definition) is 7. The summed E-state index contributed by atoms with van der Waals surface area (Å²) < 4.78 is 18.0. The van der Waals surface area contributed by atoms with Crippen molar-refractivity contribution in [1.29, 1.82) is 0 Å². The van der Waals surface area contributed by atoms with Gasteiger partial charge in [0, 0.05) is 37.5 Å². The number of unbranched alkanes of at least 4 members (excludes halogenated alkanes) is 1. The van der Waals surface area contributed by atoms with Gasteiger partial charge in [-0.1, -0.05) is 24.3 Å². The molecular formula is C33H54N2O10. The van der Waals surface area contributed by atoms with E-state index in [4.69, 9.17) is 14.2 Å². The fourth-order valence-electron chi connectivity index (χ4n) is 6.70. The molecule has 11 atom stereocenters. The summed E-state index contributed by atoms with van der Waals surface area (Å²) in [7, 11) is 0. The fraction of sp³-hybridized carbons (Fsp3) is 0.788. The number of allylic oxidation sites excluding steroid dienone is 2. The third-order valence-corrected chi connectivity index (χ3v) is 9.38. The maximum absolute atomic E-state index is 11.8. The van der Waals surface area contributed by atoms with Crippen molar-refractivity contribution >= 4 is 5.91 Å². The van der Waals surface area contributed by atoms with E-state index in [9.17, 15) is 35.4 Å². The van der Waals surface area contributed by atoms with Gasteiger partial charge in [-0.25, -0.2) is 0 Å². The van der Waals surface area contributed by atoms with Crippen molar-refractivity contribution in [3.8, 4) is 0 Å². The normalized spacial score (nSPS) is 38.0. The van der Waals surface area contributed by atoms with E-state index in [0.717, 1.165) is 12.8 Å². The van der Waals surface area contributed by atoms with E-state index in [-0.39, 0.29) is 30.4 Å². The first-order valence-corrected chi connectivity index (χ1v) is 16.6. The van der Waals surface area contributed by atoms with Crippen LogP contribution in [0.5, 0.6) is 0 Å². The van der Waals surface area contributed by atoms with Crippen LogP contribution in [-0.4, -0.2) is 122 Å². The second-order valence-electron chi connectivity index (χ2n) is 12.9. The number of hydrogen-bond acceptors (Lipinski definition) is 11.